The minimum atomic E-state index is -0.828. The molecule has 1 fully saturated rings. The van der Waals surface area contributed by atoms with Crippen LogP contribution in [-0.4, -0.2) is 38.4 Å². The molecule has 0 radical (unpaired) electrons. The number of imidazole rings is 1. The van der Waals surface area contributed by atoms with E-state index in [2.05, 4.69) is 15.3 Å². The van der Waals surface area contributed by atoms with Crippen molar-refractivity contribution in [2.24, 2.45) is 5.92 Å². The van der Waals surface area contributed by atoms with Gasteiger partial charge in [0.2, 0.25) is 0 Å². The molecule has 3 N–H and O–H groups in total. The third-order valence-corrected chi connectivity index (χ3v) is 4.21. The summed E-state index contributed by atoms with van der Waals surface area (Å²) >= 11 is 1.46. The van der Waals surface area contributed by atoms with Crippen LogP contribution in [0.4, 0.5) is 0 Å². The van der Waals surface area contributed by atoms with Gasteiger partial charge in [-0.15, -0.1) is 0 Å². The van der Waals surface area contributed by atoms with E-state index in [1.54, 1.807) is 12.4 Å². The standard InChI is InChI=1S/C12H19N3O2S/c1-8(2)15-12(10(16)17,9-3-4-9)7-18-11-13-5-6-14-11/h5-6,8-9,15H,3-4,7H2,1-2H3,(H,13,14)(H,16,17). The Kier molecular flexibility index (Phi) is 3.97. The Labute approximate surface area is 111 Å². The average molecular weight is 269 g/mol. The fourth-order valence-electron chi connectivity index (χ4n) is 2.18. The van der Waals surface area contributed by atoms with E-state index in [4.69, 9.17) is 0 Å². The number of H-pyrrole nitrogens is 1. The van der Waals surface area contributed by atoms with Crippen LogP contribution >= 0.6 is 11.8 Å². The molecule has 0 bridgehead atoms. The van der Waals surface area contributed by atoms with Crippen LogP contribution in [0.15, 0.2) is 17.6 Å². The normalized spacial score (nSPS) is 18.8. The fourth-order valence-corrected chi connectivity index (χ4v) is 3.27. The molecule has 6 heteroatoms. The summed E-state index contributed by atoms with van der Waals surface area (Å²) in [5, 5.41) is 13.6. The number of nitrogens with zero attached hydrogens (tertiary/aromatic N) is 1. The predicted molar refractivity (Wildman–Crippen MR) is 70.7 cm³/mol. The molecule has 0 amide bonds. The molecule has 0 spiro atoms. The number of aromatic amines is 1. The minimum Gasteiger partial charge on any atom is -0.480 e. The molecular formula is C12H19N3O2S. The molecule has 0 aromatic carbocycles. The summed E-state index contributed by atoms with van der Waals surface area (Å²) in [6.45, 7) is 3.97. The number of hydrogen-bond acceptors (Lipinski definition) is 4. The minimum absolute atomic E-state index is 0.152. The molecule has 5 nitrogen and oxygen atoms in total. The van der Waals surface area contributed by atoms with Crippen LogP contribution in [0.1, 0.15) is 26.7 Å². The van der Waals surface area contributed by atoms with Crippen molar-refractivity contribution in [1.82, 2.24) is 15.3 Å². The number of aliphatic carboxylic acids is 1. The summed E-state index contributed by atoms with van der Waals surface area (Å²) in [6, 6.07) is 0.152. The van der Waals surface area contributed by atoms with Gasteiger partial charge in [0.1, 0.15) is 5.54 Å². The molecule has 1 saturated carbocycles. The van der Waals surface area contributed by atoms with Gasteiger partial charge in [-0.3, -0.25) is 10.1 Å². The van der Waals surface area contributed by atoms with Crippen LogP contribution in [0.5, 0.6) is 0 Å². The Bertz CT molecular complexity index is 403. The van der Waals surface area contributed by atoms with Gasteiger partial charge in [-0.05, 0) is 32.6 Å². The largest absolute Gasteiger partial charge is 0.480 e. The van der Waals surface area contributed by atoms with E-state index >= 15 is 0 Å². The highest BCUT2D eigenvalue weighted by atomic mass is 32.2. The Balaban J connectivity index is 2.10. The zero-order valence-corrected chi connectivity index (χ0v) is 11.5. The maximum atomic E-state index is 11.7. The number of carboxylic acid groups (broad SMARTS) is 1. The predicted octanol–water partition coefficient (Wildman–Crippen LogP) is 1.73. The number of nitrogens with one attached hydrogen (secondary N) is 2. The van der Waals surface area contributed by atoms with Gasteiger partial charge < -0.3 is 10.1 Å². The molecule has 2 rings (SSSR count). The van der Waals surface area contributed by atoms with Gasteiger partial charge in [0.05, 0.1) is 0 Å². The van der Waals surface area contributed by atoms with Gasteiger partial charge in [0.15, 0.2) is 5.16 Å². The third kappa shape index (κ3) is 2.87. The Morgan fingerprint density at radius 2 is 2.44 bits per heavy atom. The topological polar surface area (TPSA) is 78.0 Å². The molecule has 0 saturated heterocycles. The second-order valence-electron chi connectivity index (χ2n) is 5.03. The fraction of sp³-hybridized carbons (Fsp3) is 0.667. The summed E-state index contributed by atoms with van der Waals surface area (Å²) in [7, 11) is 0. The zero-order valence-electron chi connectivity index (χ0n) is 10.6. The van der Waals surface area contributed by atoms with Crippen molar-refractivity contribution in [1.29, 1.82) is 0 Å². The van der Waals surface area contributed by atoms with Gasteiger partial charge in [-0.2, -0.15) is 0 Å². The highest BCUT2D eigenvalue weighted by Gasteiger charge is 2.51. The van der Waals surface area contributed by atoms with E-state index in [-0.39, 0.29) is 12.0 Å². The van der Waals surface area contributed by atoms with Crippen LogP contribution in [0.25, 0.3) is 0 Å². The van der Waals surface area contributed by atoms with Crippen molar-refractivity contribution in [2.75, 3.05) is 5.75 Å². The number of carbonyl (C=O) groups is 1. The molecule has 18 heavy (non-hydrogen) atoms. The molecule has 1 unspecified atom stereocenters. The van der Waals surface area contributed by atoms with Gasteiger partial charge >= 0.3 is 5.97 Å². The van der Waals surface area contributed by atoms with Crippen LogP contribution in [0.3, 0.4) is 0 Å². The van der Waals surface area contributed by atoms with Crippen molar-refractivity contribution >= 4 is 17.7 Å². The first-order chi connectivity index (χ1) is 8.54. The van der Waals surface area contributed by atoms with E-state index in [1.165, 1.54) is 11.8 Å². The Hall–Kier alpha value is -1.01. The molecule has 1 aliphatic carbocycles. The quantitative estimate of drug-likeness (QED) is 0.657. The SMILES string of the molecule is CC(C)NC(CSc1ncc[nH]1)(C(=O)O)C1CC1. The monoisotopic (exact) mass is 269 g/mol. The second kappa shape index (κ2) is 5.32. The summed E-state index contributed by atoms with van der Waals surface area (Å²) in [6.07, 6.45) is 5.41. The molecule has 1 aromatic rings. The van der Waals surface area contributed by atoms with Crippen LogP contribution in [0, 0.1) is 5.92 Å². The van der Waals surface area contributed by atoms with Crippen molar-refractivity contribution in [3.05, 3.63) is 12.4 Å². The van der Waals surface area contributed by atoms with Gasteiger partial charge in [0, 0.05) is 24.2 Å². The number of rotatable bonds is 7. The molecule has 1 aromatic heterocycles. The summed E-state index contributed by atoms with van der Waals surface area (Å²) < 4.78 is 0. The van der Waals surface area contributed by atoms with Gasteiger partial charge in [-0.1, -0.05) is 11.8 Å². The third-order valence-electron chi connectivity index (χ3n) is 3.11. The lowest BCUT2D eigenvalue weighted by molar-refractivity contribution is -0.145. The van der Waals surface area contributed by atoms with E-state index < -0.39 is 11.5 Å². The lowest BCUT2D eigenvalue weighted by Crippen LogP contribution is -2.58. The lowest BCUT2D eigenvalue weighted by Gasteiger charge is -2.32. The highest BCUT2D eigenvalue weighted by Crippen LogP contribution is 2.42. The second-order valence-corrected chi connectivity index (χ2v) is 6.00. The molecular weight excluding hydrogens is 250 g/mol. The van der Waals surface area contributed by atoms with Crippen LogP contribution in [-0.2, 0) is 4.79 Å². The first-order valence-corrected chi connectivity index (χ1v) is 7.16. The van der Waals surface area contributed by atoms with Crippen LogP contribution < -0.4 is 5.32 Å². The number of hydrogen-bond donors (Lipinski definition) is 3. The molecule has 100 valence electrons. The Morgan fingerprint density at radius 1 is 1.72 bits per heavy atom. The number of thioether (sulfide) groups is 1. The lowest BCUT2D eigenvalue weighted by atomic mass is 9.94. The maximum Gasteiger partial charge on any atom is 0.325 e. The molecule has 1 atom stereocenters. The van der Waals surface area contributed by atoms with Crippen molar-refractivity contribution in [3.8, 4) is 0 Å². The average Bonchev–Trinajstić information content (AvgIpc) is 3.01. The molecule has 1 heterocycles. The van der Waals surface area contributed by atoms with Crippen molar-refractivity contribution in [2.45, 2.75) is 43.4 Å². The van der Waals surface area contributed by atoms with E-state index in [9.17, 15) is 9.90 Å². The first kappa shape index (κ1) is 13.4. The van der Waals surface area contributed by atoms with E-state index in [0.29, 0.717) is 5.75 Å². The number of aromatic nitrogens is 2. The highest BCUT2D eigenvalue weighted by molar-refractivity contribution is 7.99. The summed E-state index contributed by atoms with van der Waals surface area (Å²) in [5.74, 6) is -0.0174. The summed E-state index contributed by atoms with van der Waals surface area (Å²) in [4.78, 5) is 18.8. The Morgan fingerprint density at radius 3 is 2.89 bits per heavy atom. The molecule has 1 aliphatic rings. The van der Waals surface area contributed by atoms with Gasteiger partial charge in [0.25, 0.3) is 0 Å². The number of carboxylic acids is 1. The summed E-state index contributed by atoms with van der Waals surface area (Å²) in [5.41, 5.74) is -0.828. The van der Waals surface area contributed by atoms with Gasteiger partial charge in [-0.25, -0.2) is 4.98 Å². The molecule has 0 aliphatic heterocycles. The van der Waals surface area contributed by atoms with Crippen molar-refractivity contribution < 1.29 is 9.90 Å². The van der Waals surface area contributed by atoms with E-state index in [0.717, 1.165) is 18.0 Å². The van der Waals surface area contributed by atoms with E-state index in [1.807, 2.05) is 13.8 Å². The first-order valence-electron chi connectivity index (χ1n) is 6.18. The maximum absolute atomic E-state index is 11.7. The van der Waals surface area contributed by atoms with Crippen LogP contribution in [0.2, 0.25) is 0 Å². The smallest absolute Gasteiger partial charge is 0.325 e. The van der Waals surface area contributed by atoms with Crippen molar-refractivity contribution in [3.63, 3.8) is 0 Å². The zero-order chi connectivity index (χ0) is 13.2.